The van der Waals surface area contributed by atoms with Gasteiger partial charge in [0.25, 0.3) is 0 Å². The van der Waals surface area contributed by atoms with E-state index >= 15 is 0 Å². The molecule has 2 nitrogen and oxygen atoms in total. The molecule has 1 heterocycles. The maximum atomic E-state index is 5.38. The third kappa shape index (κ3) is 4.43. The molecule has 0 aliphatic carbocycles. The average molecular weight is 199 g/mol. The van der Waals surface area contributed by atoms with E-state index < -0.39 is 0 Å². The fourth-order valence-electron chi connectivity index (χ4n) is 2.13. The first-order valence-electron chi connectivity index (χ1n) is 6.18. The first-order chi connectivity index (χ1) is 6.86. The van der Waals surface area contributed by atoms with Crippen molar-refractivity contribution in [2.45, 2.75) is 52.0 Å². The molecule has 0 spiro atoms. The van der Waals surface area contributed by atoms with Crippen molar-refractivity contribution in [3.05, 3.63) is 0 Å². The molecule has 0 aromatic carbocycles. The second-order valence-corrected chi connectivity index (χ2v) is 4.35. The third-order valence-electron chi connectivity index (χ3n) is 3.13. The Bertz CT molecular complexity index is 132. The summed E-state index contributed by atoms with van der Waals surface area (Å²) < 4.78 is 5.38. The van der Waals surface area contributed by atoms with Gasteiger partial charge in [-0.15, -0.1) is 0 Å². The highest BCUT2D eigenvalue weighted by Crippen LogP contribution is 2.21. The van der Waals surface area contributed by atoms with Gasteiger partial charge < -0.3 is 10.1 Å². The summed E-state index contributed by atoms with van der Waals surface area (Å²) in [5, 5.41) is 3.63. The van der Waals surface area contributed by atoms with Crippen molar-refractivity contribution in [1.82, 2.24) is 5.32 Å². The van der Waals surface area contributed by atoms with Crippen molar-refractivity contribution in [2.75, 3.05) is 19.8 Å². The first kappa shape index (κ1) is 12.0. The Hall–Kier alpha value is -0.0800. The van der Waals surface area contributed by atoms with E-state index in [2.05, 4.69) is 19.2 Å². The Morgan fingerprint density at radius 2 is 2.00 bits per heavy atom. The fraction of sp³-hybridized carbons (Fsp3) is 1.00. The van der Waals surface area contributed by atoms with E-state index in [0.717, 1.165) is 25.2 Å². The van der Waals surface area contributed by atoms with E-state index in [0.29, 0.717) is 0 Å². The summed E-state index contributed by atoms with van der Waals surface area (Å²) in [4.78, 5) is 0. The lowest BCUT2D eigenvalue weighted by atomic mass is 9.91. The van der Waals surface area contributed by atoms with E-state index in [1.54, 1.807) is 0 Å². The molecule has 1 N–H and O–H groups in total. The minimum absolute atomic E-state index is 0.734. The zero-order valence-electron chi connectivity index (χ0n) is 9.72. The smallest absolute Gasteiger partial charge is 0.0468 e. The van der Waals surface area contributed by atoms with Gasteiger partial charge in [-0.1, -0.05) is 13.8 Å². The summed E-state index contributed by atoms with van der Waals surface area (Å²) in [6, 6.07) is 0.734. The maximum Gasteiger partial charge on any atom is 0.0468 e. The molecule has 1 aliphatic heterocycles. The summed E-state index contributed by atoms with van der Waals surface area (Å²) in [6.07, 6.45) is 6.39. The van der Waals surface area contributed by atoms with Gasteiger partial charge in [0.1, 0.15) is 0 Å². The molecule has 1 rings (SSSR count). The van der Waals surface area contributed by atoms with Crippen LogP contribution in [0, 0.1) is 5.92 Å². The van der Waals surface area contributed by atoms with E-state index in [-0.39, 0.29) is 0 Å². The predicted octanol–water partition coefficient (Wildman–Crippen LogP) is 2.58. The zero-order valence-corrected chi connectivity index (χ0v) is 9.72. The first-order valence-corrected chi connectivity index (χ1v) is 6.18. The largest absolute Gasteiger partial charge is 0.381 e. The number of hydrogen-bond donors (Lipinski definition) is 1. The molecule has 1 unspecified atom stereocenters. The summed E-state index contributed by atoms with van der Waals surface area (Å²) in [7, 11) is 0. The lowest BCUT2D eigenvalue weighted by Gasteiger charge is -2.26. The van der Waals surface area contributed by atoms with Crippen molar-refractivity contribution >= 4 is 0 Å². The van der Waals surface area contributed by atoms with Crippen molar-refractivity contribution in [3.63, 3.8) is 0 Å². The van der Waals surface area contributed by atoms with Gasteiger partial charge in [-0.3, -0.25) is 0 Å². The average Bonchev–Trinajstić information content (AvgIpc) is 2.25. The number of nitrogens with one attached hydrogen (secondary N) is 1. The topological polar surface area (TPSA) is 21.3 Å². The van der Waals surface area contributed by atoms with Crippen LogP contribution in [0.3, 0.4) is 0 Å². The molecule has 0 bridgehead atoms. The summed E-state index contributed by atoms with van der Waals surface area (Å²) in [5.74, 6) is 0.901. The molecule has 0 saturated carbocycles. The highest BCUT2D eigenvalue weighted by atomic mass is 16.5. The molecule has 0 radical (unpaired) electrons. The minimum Gasteiger partial charge on any atom is -0.381 e. The predicted molar refractivity (Wildman–Crippen MR) is 60.5 cm³/mol. The third-order valence-corrected chi connectivity index (χ3v) is 3.13. The lowest BCUT2D eigenvalue weighted by Crippen LogP contribution is -2.32. The van der Waals surface area contributed by atoms with Crippen LogP contribution in [0.5, 0.6) is 0 Å². The molecule has 14 heavy (non-hydrogen) atoms. The monoisotopic (exact) mass is 199 g/mol. The number of rotatable bonds is 6. The number of hydrogen-bond acceptors (Lipinski definition) is 2. The van der Waals surface area contributed by atoms with Crippen molar-refractivity contribution < 1.29 is 4.74 Å². The van der Waals surface area contributed by atoms with Crippen molar-refractivity contribution in [3.8, 4) is 0 Å². The zero-order chi connectivity index (χ0) is 10.2. The van der Waals surface area contributed by atoms with Gasteiger partial charge >= 0.3 is 0 Å². The quantitative estimate of drug-likeness (QED) is 0.710. The standard InChI is InChI=1S/C12H25NO/c1-3-7-13-12(4-2)10-11-5-8-14-9-6-11/h11-13H,3-10H2,1-2H3. The van der Waals surface area contributed by atoms with E-state index in [9.17, 15) is 0 Å². The Labute approximate surface area is 88.4 Å². The second kappa shape index (κ2) is 7.24. The van der Waals surface area contributed by atoms with Crippen LogP contribution in [0.2, 0.25) is 0 Å². The Morgan fingerprint density at radius 3 is 2.57 bits per heavy atom. The summed E-state index contributed by atoms with van der Waals surface area (Å²) in [5.41, 5.74) is 0. The molecule has 0 amide bonds. The van der Waals surface area contributed by atoms with E-state index in [4.69, 9.17) is 4.74 Å². The Balaban J connectivity index is 2.16. The van der Waals surface area contributed by atoms with Crippen LogP contribution in [0.15, 0.2) is 0 Å². The van der Waals surface area contributed by atoms with Gasteiger partial charge in [0, 0.05) is 19.3 Å². The molecular weight excluding hydrogens is 174 g/mol. The Kier molecular flexibility index (Phi) is 6.20. The summed E-state index contributed by atoms with van der Waals surface area (Å²) in [6.45, 7) is 7.65. The van der Waals surface area contributed by atoms with Crippen molar-refractivity contribution in [1.29, 1.82) is 0 Å². The molecule has 84 valence electrons. The molecule has 0 aromatic rings. The molecule has 1 fully saturated rings. The lowest BCUT2D eigenvalue weighted by molar-refractivity contribution is 0.0604. The van der Waals surface area contributed by atoms with Crippen LogP contribution in [0.25, 0.3) is 0 Å². The molecular formula is C12H25NO. The molecule has 1 atom stereocenters. The van der Waals surface area contributed by atoms with Crippen LogP contribution in [0.1, 0.15) is 46.0 Å². The fourth-order valence-corrected chi connectivity index (χ4v) is 2.13. The van der Waals surface area contributed by atoms with Crippen LogP contribution in [-0.2, 0) is 4.74 Å². The van der Waals surface area contributed by atoms with Gasteiger partial charge in [0.2, 0.25) is 0 Å². The van der Waals surface area contributed by atoms with Gasteiger partial charge in [0.05, 0.1) is 0 Å². The molecule has 1 aliphatic rings. The van der Waals surface area contributed by atoms with Crippen LogP contribution in [0.4, 0.5) is 0 Å². The van der Waals surface area contributed by atoms with Crippen LogP contribution in [-0.4, -0.2) is 25.8 Å². The van der Waals surface area contributed by atoms with Crippen LogP contribution < -0.4 is 5.32 Å². The minimum atomic E-state index is 0.734. The molecule has 2 heteroatoms. The summed E-state index contributed by atoms with van der Waals surface area (Å²) >= 11 is 0. The van der Waals surface area contributed by atoms with Gasteiger partial charge in [-0.2, -0.15) is 0 Å². The molecule has 0 aromatic heterocycles. The second-order valence-electron chi connectivity index (χ2n) is 4.35. The highest BCUT2D eigenvalue weighted by Gasteiger charge is 2.17. The van der Waals surface area contributed by atoms with Crippen molar-refractivity contribution in [2.24, 2.45) is 5.92 Å². The van der Waals surface area contributed by atoms with Gasteiger partial charge in [0.15, 0.2) is 0 Å². The van der Waals surface area contributed by atoms with Gasteiger partial charge in [-0.05, 0) is 44.6 Å². The van der Waals surface area contributed by atoms with E-state index in [1.807, 2.05) is 0 Å². The molecule has 1 saturated heterocycles. The Morgan fingerprint density at radius 1 is 1.29 bits per heavy atom. The van der Waals surface area contributed by atoms with E-state index in [1.165, 1.54) is 38.6 Å². The number of ether oxygens (including phenoxy) is 1. The highest BCUT2D eigenvalue weighted by molar-refractivity contribution is 4.72. The SMILES string of the molecule is CCCNC(CC)CC1CCOCC1. The van der Waals surface area contributed by atoms with Gasteiger partial charge in [-0.25, -0.2) is 0 Å². The normalized spacial score (nSPS) is 21.0. The maximum absolute atomic E-state index is 5.38. The van der Waals surface area contributed by atoms with Crippen LogP contribution >= 0.6 is 0 Å².